The average Bonchev–Trinajstić information content (AvgIpc) is 3.07. The van der Waals surface area contributed by atoms with E-state index < -0.39 is 5.54 Å². The molecule has 1 spiro atoms. The summed E-state index contributed by atoms with van der Waals surface area (Å²) < 4.78 is 0. The number of amides is 4. The van der Waals surface area contributed by atoms with E-state index in [-0.39, 0.29) is 23.9 Å². The van der Waals surface area contributed by atoms with Gasteiger partial charge in [-0.2, -0.15) is 0 Å². The Morgan fingerprint density at radius 3 is 2.48 bits per heavy atom. The Morgan fingerprint density at radius 1 is 1.16 bits per heavy atom. The van der Waals surface area contributed by atoms with Crippen LogP contribution in [0.3, 0.4) is 0 Å². The predicted molar refractivity (Wildman–Crippen MR) is 97.0 cm³/mol. The molecule has 1 aliphatic heterocycles. The van der Waals surface area contributed by atoms with Crippen molar-refractivity contribution < 1.29 is 14.4 Å². The number of hydrogen-bond acceptors (Lipinski definition) is 3. The van der Waals surface area contributed by atoms with Crippen LogP contribution in [0.15, 0.2) is 0 Å². The number of hydrogen-bond donors (Lipinski definition) is 2. The van der Waals surface area contributed by atoms with Crippen molar-refractivity contribution in [3.8, 4) is 0 Å². The molecule has 6 nitrogen and oxygen atoms in total. The minimum atomic E-state index is -0.649. The van der Waals surface area contributed by atoms with Crippen LogP contribution in [0.5, 0.6) is 0 Å². The summed E-state index contributed by atoms with van der Waals surface area (Å²) >= 11 is 0. The van der Waals surface area contributed by atoms with E-state index in [0.717, 1.165) is 38.5 Å². The predicted octanol–water partition coefficient (Wildman–Crippen LogP) is 2.96. The van der Waals surface area contributed by atoms with Crippen LogP contribution in [-0.4, -0.2) is 40.9 Å². The Bertz CT molecular complexity index is 498. The number of nitrogens with zero attached hydrogens (tertiary/aromatic N) is 1. The zero-order chi connectivity index (χ0) is 18.4. The molecule has 6 heteroatoms. The number of carbonyl (C=O) groups excluding carboxylic acids is 3. The van der Waals surface area contributed by atoms with Gasteiger partial charge in [-0.25, -0.2) is 4.79 Å². The first-order chi connectivity index (χ1) is 11.8. The first-order valence-electron chi connectivity index (χ1n) is 9.77. The summed E-state index contributed by atoms with van der Waals surface area (Å²) in [6, 6.07) is -0.126. The van der Waals surface area contributed by atoms with Gasteiger partial charge in [-0.3, -0.25) is 14.5 Å². The standard InChI is InChI=1S/C19H33N3O3/c1-14(2)8-6-9-15(3)20-16(23)10-7-13-22-17(24)19(21-18(22)25)11-4-5-12-19/h14-15H,4-13H2,1-3H3,(H,20,23)(H,21,25). The SMILES string of the molecule is CC(C)CCCC(C)NC(=O)CCCN1C(=O)NC2(CCCC2)C1=O. The van der Waals surface area contributed by atoms with E-state index in [1.807, 2.05) is 6.92 Å². The smallest absolute Gasteiger partial charge is 0.325 e. The number of nitrogens with one attached hydrogen (secondary N) is 2. The van der Waals surface area contributed by atoms with Crippen molar-refractivity contribution in [2.45, 2.75) is 90.1 Å². The quantitative estimate of drug-likeness (QED) is 0.627. The monoisotopic (exact) mass is 351 g/mol. The molecule has 25 heavy (non-hydrogen) atoms. The Hall–Kier alpha value is -1.59. The minimum absolute atomic E-state index is 0.000296. The molecule has 0 aromatic heterocycles. The van der Waals surface area contributed by atoms with Crippen molar-refractivity contribution >= 4 is 17.8 Å². The number of rotatable bonds is 9. The van der Waals surface area contributed by atoms with Crippen LogP contribution in [0.1, 0.15) is 78.6 Å². The first-order valence-corrected chi connectivity index (χ1v) is 9.77. The molecule has 0 bridgehead atoms. The van der Waals surface area contributed by atoms with Crippen molar-refractivity contribution in [2.24, 2.45) is 5.92 Å². The van der Waals surface area contributed by atoms with E-state index in [4.69, 9.17) is 0 Å². The summed E-state index contributed by atoms with van der Waals surface area (Å²) in [5.74, 6) is 0.590. The van der Waals surface area contributed by atoms with Gasteiger partial charge in [0.15, 0.2) is 0 Å². The van der Waals surface area contributed by atoms with Crippen LogP contribution < -0.4 is 10.6 Å². The lowest BCUT2D eigenvalue weighted by Gasteiger charge is -2.20. The maximum absolute atomic E-state index is 12.5. The van der Waals surface area contributed by atoms with Gasteiger partial charge in [0.25, 0.3) is 5.91 Å². The molecule has 1 heterocycles. The fourth-order valence-electron chi connectivity index (χ4n) is 3.85. The second-order valence-electron chi connectivity index (χ2n) is 8.07. The van der Waals surface area contributed by atoms with Gasteiger partial charge >= 0.3 is 6.03 Å². The van der Waals surface area contributed by atoms with Crippen LogP contribution in [0.4, 0.5) is 4.79 Å². The van der Waals surface area contributed by atoms with E-state index in [2.05, 4.69) is 24.5 Å². The topological polar surface area (TPSA) is 78.5 Å². The number of urea groups is 1. The van der Waals surface area contributed by atoms with Crippen molar-refractivity contribution in [3.63, 3.8) is 0 Å². The molecule has 4 amide bonds. The molecule has 2 rings (SSSR count). The molecule has 0 aromatic rings. The fraction of sp³-hybridized carbons (Fsp3) is 0.842. The molecule has 1 atom stereocenters. The largest absolute Gasteiger partial charge is 0.354 e. The maximum Gasteiger partial charge on any atom is 0.325 e. The molecule has 1 unspecified atom stereocenters. The molecule has 0 radical (unpaired) electrons. The zero-order valence-corrected chi connectivity index (χ0v) is 15.9. The van der Waals surface area contributed by atoms with E-state index in [1.54, 1.807) is 0 Å². The molecule has 1 saturated carbocycles. The van der Waals surface area contributed by atoms with Gasteiger partial charge < -0.3 is 10.6 Å². The lowest BCUT2D eigenvalue weighted by atomic mass is 9.98. The van der Waals surface area contributed by atoms with Crippen LogP contribution in [0.2, 0.25) is 0 Å². The molecule has 142 valence electrons. The van der Waals surface area contributed by atoms with Gasteiger partial charge in [-0.05, 0) is 38.5 Å². The highest BCUT2D eigenvalue weighted by Gasteiger charge is 2.51. The minimum Gasteiger partial charge on any atom is -0.354 e. The van der Waals surface area contributed by atoms with Gasteiger partial charge in [0.1, 0.15) is 5.54 Å². The molecule has 2 aliphatic rings. The second-order valence-corrected chi connectivity index (χ2v) is 8.07. The van der Waals surface area contributed by atoms with Crippen LogP contribution in [-0.2, 0) is 9.59 Å². The van der Waals surface area contributed by atoms with Crippen molar-refractivity contribution in [1.82, 2.24) is 15.5 Å². The third-order valence-electron chi connectivity index (χ3n) is 5.31. The molecule has 2 fully saturated rings. The number of carbonyl (C=O) groups is 3. The summed E-state index contributed by atoms with van der Waals surface area (Å²) in [5, 5.41) is 5.88. The summed E-state index contributed by atoms with van der Waals surface area (Å²) in [7, 11) is 0. The number of imide groups is 1. The van der Waals surface area contributed by atoms with Crippen molar-refractivity contribution in [2.75, 3.05) is 6.54 Å². The van der Waals surface area contributed by atoms with E-state index in [1.165, 1.54) is 11.3 Å². The lowest BCUT2D eigenvalue weighted by molar-refractivity contribution is -0.131. The van der Waals surface area contributed by atoms with Crippen LogP contribution in [0.25, 0.3) is 0 Å². The summed E-state index contributed by atoms with van der Waals surface area (Å²) in [5.41, 5.74) is -0.649. The third kappa shape index (κ3) is 5.19. The molecular weight excluding hydrogens is 318 g/mol. The summed E-state index contributed by atoms with van der Waals surface area (Å²) in [6.45, 7) is 6.75. The molecule has 1 aliphatic carbocycles. The van der Waals surface area contributed by atoms with Gasteiger partial charge in [0, 0.05) is 19.0 Å². The molecule has 1 saturated heterocycles. The van der Waals surface area contributed by atoms with Crippen molar-refractivity contribution in [3.05, 3.63) is 0 Å². The summed E-state index contributed by atoms with van der Waals surface area (Å²) in [4.78, 5) is 37.9. The van der Waals surface area contributed by atoms with Crippen LogP contribution >= 0.6 is 0 Å². The van der Waals surface area contributed by atoms with Gasteiger partial charge in [0.05, 0.1) is 0 Å². The zero-order valence-electron chi connectivity index (χ0n) is 15.9. The Balaban J connectivity index is 1.67. The highest BCUT2D eigenvalue weighted by Crippen LogP contribution is 2.35. The van der Waals surface area contributed by atoms with E-state index >= 15 is 0 Å². The van der Waals surface area contributed by atoms with Crippen LogP contribution in [0, 0.1) is 5.92 Å². The van der Waals surface area contributed by atoms with Gasteiger partial charge in [0.2, 0.25) is 5.91 Å². The molecule has 2 N–H and O–H groups in total. The van der Waals surface area contributed by atoms with E-state index in [9.17, 15) is 14.4 Å². The maximum atomic E-state index is 12.5. The average molecular weight is 351 g/mol. The highest BCUT2D eigenvalue weighted by atomic mass is 16.2. The third-order valence-corrected chi connectivity index (χ3v) is 5.31. The normalized spacial score (nSPS) is 20.4. The Morgan fingerprint density at radius 2 is 1.84 bits per heavy atom. The fourth-order valence-corrected chi connectivity index (χ4v) is 3.85. The summed E-state index contributed by atoms with van der Waals surface area (Å²) in [6.07, 6.45) is 7.58. The Kier molecular flexibility index (Phi) is 6.85. The van der Waals surface area contributed by atoms with E-state index in [0.29, 0.717) is 25.3 Å². The van der Waals surface area contributed by atoms with Crippen molar-refractivity contribution in [1.29, 1.82) is 0 Å². The van der Waals surface area contributed by atoms with Gasteiger partial charge in [-0.15, -0.1) is 0 Å². The molecule has 0 aromatic carbocycles. The molecular formula is C19H33N3O3. The highest BCUT2D eigenvalue weighted by molar-refractivity contribution is 6.07. The Labute approximate surface area is 151 Å². The van der Waals surface area contributed by atoms with Gasteiger partial charge in [-0.1, -0.05) is 39.5 Å². The lowest BCUT2D eigenvalue weighted by Crippen LogP contribution is -2.44. The first kappa shape index (κ1) is 19.7. The second kappa shape index (κ2) is 8.68.